The maximum atomic E-state index is 13.8. The van der Waals surface area contributed by atoms with Crippen molar-refractivity contribution in [3.05, 3.63) is 65.1 Å². The summed E-state index contributed by atoms with van der Waals surface area (Å²) in [5.41, 5.74) is -0.477. The first kappa shape index (κ1) is 16.2. The maximum Gasteiger partial charge on any atom is 0.261 e. The van der Waals surface area contributed by atoms with E-state index in [0.717, 1.165) is 0 Å². The van der Waals surface area contributed by atoms with E-state index in [0.29, 0.717) is 5.02 Å². The number of rotatable bonds is 3. The molecule has 0 radical (unpaired) electrons. The highest BCUT2D eigenvalue weighted by atomic mass is 35.5. The summed E-state index contributed by atoms with van der Waals surface area (Å²) in [5.74, 6) is -0.920. The largest absolute Gasteiger partial charge is 0.423 e. The van der Waals surface area contributed by atoms with Crippen LogP contribution in [0.5, 0.6) is 0 Å². The molecule has 24 heavy (non-hydrogen) atoms. The molecule has 0 aliphatic rings. The Bertz CT molecular complexity index is 1050. The zero-order valence-corrected chi connectivity index (χ0v) is 13.5. The van der Waals surface area contributed by atoms with Gasteiger partial charge in [0.2, 0.25) is 15.7 Å². The molecule has 0 aliphatic heterocycles. The molecule has 120 valence electrons. The fourth-order valence-electron chi connectivity index (χ4n) is 2.03. The summed E-state index contributed by atoms with van der Waals surface area (Å²) in [6, 6.07) is 12.6. The molecular formula is C16H8ClFN2O3S. The highest BCUT2D eigenvalue weighted by Crippen LogP contribution is 2.30. The average Bonchev–Trinajstić information content (AvgIpc) is 3.00. The summed E-state index contributed by atoms with van der Waals surface area (Å²) in [4.78, 5) is 3.68. The van der Waals surface area contributed by atoms with Gasteiger partial charge >= 0.3 is 0 Å². The molecule has 0 aliphatic carbocycles. The first-order chi connectivity index (χ1) is 11.4. The highest BCUT2D eigenvalue weighted by Gasteiger charge is 2.29. The molecule has 0 N–H and O–H groups in total. The molecule has 0 bridgehead atoms. The number of aromatic nitrogens is 1. The Morgan fingerprint density at radius 1 is 1.12 bits per heavy atom. The van der Waals surface area contributed by atoms with Gasteiger partial charge in [-0.2, -0.15) is 10.2 Å². The maximum absolute atomic E-state index is 13.8. The molecule has 3 aromatic rings. The van der Waals surface area contributed by atoms with Gasteiger partial charge in [-0.05, 0) is 36.4 Å². The molecule has 1 heterocycles. The second kappa shape index (κ2) is 6.07. The van der Waals surface area contributed by atoms with E-state index in [2.05, 4.69) is 4.98 Å². The Morgan fingerprint density at radius 2 is 1.79 bits per heavy atom. The van der Waals surface area contributed by atoms with Crippen LogP contribution in [0.2, 0.25) is 5.02 Å². The van der Waals surface area contributed by atoms with E-state index in [1.54, 1.807) is 12.1 Å². The Labute approximate surface area is 141 Å². The van der Waals surface area contributed by atoms with E-state index in [4.69, 9.17) is 21.3 Å². The van der Waals surface area contributed by atoms with Crippen molar-refractivity contribution in [1.29, 1.82) is 5.26 Å². The van der Waals surface area contributed by atoms with Crippen molar-refractivity contribution in [3.63, 3.8) is 0 Å². The van der Waals surface area contributed by atoms with Crippen molar-refractivity contribution >= 4 is 21.4 Å². The number of hydrogen-bond donors (Lipinski definition) is 0. The molecule has 0 atom stereocenters. The number of halogens is 2. The van der Waals surface area contributed by atoms with Gasteiger partial charge in [0, 0.05) is 5.02 Å². The minimum absolute atomic E-state index is 0.0356. The summed E-state index contributed by atoms with van der Waals surface area (Å²) in [5, 5.41) is 8.88. The van der Waals surface area contributed by atoms with Crippen LogP contribution < -0.4 is 0 Å². The van der Waals surface area contributed by atoms with Gasteiger partial charge in [0.1, 0.15) is 11.9 Å². The van der Waals surface area contributed by atoms with Gasteiger partial charge in [0.15, 0.2) is 5.69 Å². The highest BCUT2D eigenvalue weighted by molar-refractivity contribution is 7.91. The summed E-state index contributed by atoms with van der Waals surface area (Å²) in [6.45, 7) is 0. The monoisotopic (exact) mass is 362 g/mol. The molecule has 5 nitrogen and oxygen atoms in total. The minimum Gasteiger partial charge on any atom is -0.423 e. The zero-order chi connectivity index (χ0) is 17.3. The smallest absolute Gasteiger partial charge is 0.261 e. The molecule has 0 saturated carbocycles. The second-order valence-corrected chi connectivity index (χ2v) is 6.99. The van der Waals surface area contributed by atoms with Gasteiger partial charge in [-0.3, -0.25) is 0 Å². The van der Waals surface area contributed by atoms with Crippen LogP contribution in [0, 0.1) is 17.1 Å². The molecule has 0 fully saturated rings. The molecule has 2 aromatic carbocycles. The van der Waals surface area contributed by atoms with Crippen LogP contribution in [0.3, 0.4) is 0 Å². The van der Waals surface area contributed by atoms with Gasteiger partial charge in [-0.25, -0.2) is 12.8 Å². The van der Waals surface area contributed by atoms with Gasteiger partial charge in [0.05, 0.1) is 10.5 Å². The summed E-state index contributed by atoms with van der Waals surface area (Å²) in [6.07, 6.45) is 0. The van der Waals surface area contributed by atoms with Crippen molar-refractivity contribution in [2.45, 2.75) is 9.99 Å². The second-order valence-electron chi connectivity index (χ2n) is 4.70. The fraction of sp³-hybridized carbons (Fsp3) is 0. The molecule has 0 unspecified atom stereocenters. The average molecular weight is 363 g/mol. The summed E-state index contributed by atoms with van der Waals surface area (Å²) < 4.78 is 44.3. The molecule has 1 aromatic heterocycles. The van der Waals surface area contributed by atoms with Crippen LogP contribution in [-0.4, -0.2) is 13.4 Å². The van der Waals surface area contributed by atoms with E-state index < -0.39 is 26.4 Å². The van der Waals surface area contributed by atoms with E-state index in [-0.39, 0.29) is 16.3 Å². The number of nitrogens with zero attached hydrogens (tertiary/aromatic N) is 2. The summed E-state index contributed by atoms with van der Waals surface area (Å²) in [7, 11) is -4.13. The lowest BCUT2D eigenvalue weighted by atomic mass is 10.2. The van der Waals surface area contributed by atoms with Crippen LogP contribution >= 0.6 is 11.6 Å². The third-order valence-corrected chi connectivity index (χ3v) is 5.08. The number of oxazole rings is 1. The summed E-state index contributed by atoms with van der Waals surface area (Å²) >= 11 is 5.74. The third-order valence-electron chi connectivity index (χ3n) is 3.17. The van der Waals surface area contributed by atoms with Crippen LogP contribution in [0.25, 0.3) is 11.5 Å². The van der Waals surface area contributed by atoms with Crippen molar-refractivity contribution in [2.24, 2.45) is 0 Å². The van der Waals surface area contributed by atoms with Crippen molar-refractivity contribution in [3.8, 4) is 17.5 Å². The quantitative estimate of drug-likeness (QED) is 0.706. The SMILES string of the molecule is N#Cc1nc(-c2ccccc2F)oc1S(=O)(=O)c1ccc(Cl)cc1. The Kier molecular flexibility index (Phi) is 4.09. The van der Waals surface area contributed by atoms with Crippen molar-refractivity contribution < 1.29 is 17.2 Å². The van der Waals surface area contributed by atoms with Gasteiger partial charge in [-0.1, -0.05) is 23.7 Å². The van der Waals surface area contributed by atoms with Gasteiger partial charge in [0.25, 0.3) is 5.09 Å². The number of hydrogen-bond acceptors (Lipinski definition) is 5. The molecule has 0 spiro atoms. The van der Waals surface area contributed by atoms with E-state index in [1.807, 2.05) is 0 Å². The predicted octanol–water partition coefficient (Wildman–Crippen LogP) is 3.84. The Morgan fingerprint density at radius 3 is 2.42 bits per heavy atom. The minimum atomic E-state index is -4.13. The lowest BCUT2D eigenvalue weighted by molar-refractivity contribution is 0.454. The van der Waals surface area contributed by atoms with Gasteiger partial charge < -0.3 is 4.42 Å². The number of sulfone groups is 1. The standard InChI is InChI=1S/C16H8ClFN2O3S/c17-10-5-7-11(8-6-10)24(21,22)16-14(9-19)20-15(23-16)12-3-1-2-4-13(12)18/h1-8H. The zero-order valence-electron chi connectivity index (χ0n) is 11.9. The third kappa shape index (κ3) is 2.77. The first-order valence-electron chi connectivity index (χ1n) is 6.60. The molecular weight excluding hydrogens is 355 g/mol. The van der Waals surface area contributed by atoms with E-state index in [9.17, 15) is 12.8 Å². The Balaban J connectivity index is 2.17. The molecule has 3 rings (SSSR count). The predicted molar refractivity (Wildman–Crippen MR) is 83.5 cm³/mol. The van der Waals surface area contributed by atoms with Crippen LogP contribution in [0.15, 0.2) is 62.9 Å². The lowest BCUT2D eigenvalue weighted by Gasteiger charge is -2.01. The number of nitriles is 1. The first-order valence-corrected chi connectivity index (χ1v) is 8.46. The van der Waals surface area contributed by atoms with Crippen LogP contribution in [-0.2, 0) is 9.84 Å². The van der Waals surface area contributed by atoms with Crippen LogP contribution in [0.1, 0.15) is 5.69 Å². The number of benzene rings is 2. The van der Waals surface area contributed by atoms with Crippen LogP contribution in [0.4, 0.5) is 4.39 Å². The fourth-order valence-corrected chi connectivity index (χ4v) is 3.40. The molecule has 0 amide bonds. The van der Waals surface area contributed by atoms with E-state index in [1.165, 1.54) is 42.5 Å². The topological polar surface area (TPSA) is 84.0 Å². The normalized spacial score (nSPS) is 11.2. The Hall–Kier alpha value is -2.69. The van der Waals surface area contributed by atoms with Gasteiger partial charge in [-0.15, -0.1) is 0 Å². The van der Waals surface area contributed by atoms with Crippen molar-refractivity contribution in [2.75, 3.05) is 0 Å². The lowest BCUT2D eigenvalue weighted by Crippen LogP contribution is -2.02. The molecule has 8 heteroatoms. The molecule has 0 saturated heterocycles. The van der Waals surface area contributed by atoms with Crippen molar-refractivity contribution in [1.82, 2.24) is 4.98 Å². The van der Waals surface area contributed by atoms with E-state index >= 15 is 0 Å².